The van der Waals surface area contributed by atoms with E-state index < -0.39 is 11.2 Å². The predicted molar refractivity (Wildman–Crippen MR) is 135 cm³/mol. The molecule has 190 valence electrons. The summed E-state index contributed by atoms with van der Waals surface area (Å²) in [6, 6.07) is 13.8. The molecule has 0 radical (unpaired) electrons. The van der Waals surface area contributed by atoms with Crippen LogP contribution < -0.4 is 30.8 Å². The van der Waals surface area contributed by atoms with E-state index in [-0.39, 0.29) is 24.9 Å². The summed E-state index contributed by atoms with van der Waals surface area (Å²) in [7, 11) is 0. The number of hydrogen-bond acceptors (Lipinski definition) is 9. The first-order chi connectivity index (χ1) is 18.0. The van der Waals surface area contributed by atoms with Gasteiger partial charge in [0.15, 0.2) is 16.7 Å². The molecular weight excluding hydrogens is 500 g/mol. The van der Waals surface area contributed by atoms with Gasteiger partial charge in [0.25, 0.3) is 5.56 Å². The maximum atomic E-state index is 12.7. The van der Waals surface area contributed by atoms with Crippen molar-refractivity contribution in [1.82, 2.24) is 24.7 Å². The molecule has 0 spiro atoms. The van der Waals surface area contributed by atoms with E-state index in [2.05, 4.69) is 25.5 Å². The fraction of sp³-hybridized carbons (Fsp3) is 0.208. The van der Waals surface area contributed by atoms with E-state index in [0.717, 1.165) is 5.69 Å². The molecule has 0 atom stereocenters. The van der Waals surface area contributed by atoms with Gasteiger partial charge in [-0.25, -0.2) is 4.79 Å². The summed E-state index contributed by atoms with van der Waals surface area (Å²) < 4.78 is 17.9. The average Bonchev–Trinajstić information content (AvgIpc) is 3.49. The third-order valence-electron chi connectivity index (χ3n) is 5.26. The summed E-state index contributed by atoms with van der Waals surface area (Å²) in [6.07, 6.45) is 0.142. The van der Waals surface area contributed by atoms with Crippen molar-refractivity contribution < 1.29 is 19.0 Å². The first-order valence-corrected chi connectivity index (χ1v) is 12.3. The van der Waals surface area contributed by atoms with Crippen LogP contribution in [0.4, 0.5) is 5.69 Å². The third kappa shape index (κ3) is 5.67. The molecule has 0 fully saturated rings. The summed E-state index contributed by atoms with van der Waals surface area (Å²) in [6.45, 7) is 2.58. The minimum Gasteiger partial charge on any atom is -0.494 e. The molecule has 12 nitrogen and oxygen atoms in total. The molecule has 0 aliphatic carbocycles. The van der Waals surface area contributed by atoms with E-state index in [9.17, 15) is 14.4 Å². The van der Waals surface area contributed by atoms with Crippen LogP contribution in [-0.4, -0.2) is 49.8 Å². The summed E-state index contributed by atoms with van der Waals surface area (Å²) in [5.74, 6) is 2.20. The Kier molecular flexibility index (Phi) is 6.94. The van der Waals surface area contributed by atoms with Crippen LogP contribution in [0.25, 0.3) is 5.69 Å². The van der Waals surface area contributed by atoms with Gasteiger partial charge in [-0.05, 0) is 43.3 Å². The molecule has 0 saturated heterocycles. The summed E-state index contributed by atoms with van der Waals surface area (Å²) in [5, 5.41) is 11.8. The molecule has 0 bridgehead atoms. The number of fused-ring (bicyclic) bond motifs is 1. The monoisotopic (exact) mass is 522 g/mol. The van der Waals surface area contributed by atoms with Crippen LogP contribution in [0.5, 0.6) is 17.2 Å². The summed E-state index contributed by atoms with van der Waals surface area (Å²) in [4.78, 5) is 40.9. The van der Waals surface area contributed by atoms with E-state index in [1.54, 1.807) is 22.8 Å². The second-order valence-corrected chi connectivity index (χ2v) is 8.80. The van der Waals surface area contributed by atoms with Gasteiger partial charge >= 0.3 is 5.69 Å². The fourth-order valence-electron chi connectivity index (χ4n) is 3.71. The number of ether oxygens (including phenoxy) is 3. The zero-order chi connectivity index (χ0) is 25.8. The molecule has 1 amide bonds. The molecule has 3 N–H and O–H groups in total. The number of hydrogen-bond donors (Lipinski definition) is 3. The average molecular weight is 523 g/mol. The molecule has 0 unspecified atom stereocenters. The lowest BCUT2D eigenvalue weighted by Gasteiger charge is -2.11. The molecule has 2 aromatic heterocycles. The summed E-state index contributed by atoms with van der Waals surface area (Å²) >= 11 is 1.20. The number of aromatic amines is 2. The Morgan fingerprint density at radius 3 is 2.68 bits per heavy atom. The normalized spacial score (nSPS) is 11.9. The van der Waals surface area contributed by atoms with Gasteiger partial charge in [0, 0.05) is 35.6 Å². The Morgan fingerprint density at radius 2 is 1.89 bits per heavy atom. The highest BCUT2D eigenvalue weighted by Gasteiger charge is 2.18. The highest BCUT2D eigenvalue weighted by Crippen LogP contribution is 2.34. The Morgan fingerprint density at radius 1 is 1.08 bits per heavy atom. The van der Waals surface area contributed by atoms with Crippen LogP contribution in [-0.2, 0) is 11.2 Å². The standard InChI is InChI=1S/C24H22N6O6S/c1-2-34-17-6-4-16(5-7-17)30-20(10-15-11-21(31)27-23(33)26-15)28-29-24(30)37-12-22(32)25-14-3-8-18-19(9-14)36-13-35-18/h3-9,11H,2,10,12-13H2,1H3,(H,25,32)(H2,26,27,31,33). The van der Waals surface area contributed by atoms with Crippen molar-refractivity contribution in [1.29, 1.82) is 0 Å². The number of nitrogens with zero attached hydrogens (tertiary/aromatic N) is 3. The molecular formula is C24H22N6O6S. The Bertz CT molecular complexity index is 1520. The van der Waals surface area contributed by atoms with E-state index >= 15 is 0 Å². The molecule has 37 heavy (non-hydrogen) atoms. The molecule has 1 aliphatic heterocycles. The van der Waals surface area contributed by atoms with Crippen molar-refractivity contribution in [3.8, 4) is 22.9 Å². The number of carbonyl (C=O) groups is 1. The van der Waals surface area contributed by atoms with Gasteiger partial charge in [-0.1, -0.05) is 11.8 Å². The van der Waals surface area contributed by atoms with Crippen molar-refractivity contribution in [2.45, 2.75) is 18.5 Å². The van der Waals surface area contributed by atoms with Crippen LogP contribution in [0.3, 0.4) is 0 Å². The number of thioether (sulfide) groups is 1. The SMILES string of the molecule is CCOc1ccc(-n2c(Cc3cc(=O)[nH]c(=O)[nH]3)nnc2SCC(=O)Nc2ccc3c(c2)OCO3)cc1. The lowest BCUT2D eigenvalue weighted by molar-refractivity contribution is -0.113. The molecule has 2 aromatic carbocycles. The quantitative estimate of drug-likeness (QED) is 0.280. The minimum atomic E-state index is -0.607. The second kappa shape index (κ2) is 10.6. The number of nitrogens with one attached hydrogen (secondary N) is 3. The highest BCUT2D eigenvalue weighted by molar-refractivity contribution is 7.99. The van der Waals surface area contributed by atoms with Crippen molar-refractivity contribution >= 4 is 23.4 Å². The molecule has 0 saturated carbocycles. The van der Waals surface area contributed by atoms with Gasteiger partial charge in [0.1, 0.15) is 11.6 Å². The molecule has 4 aromatic rings. The number of aromatic nitrogens is 5. The minimum absolute atomic E-state index is 0.0610. The first kappa shape index (κ1) is 24.2. The maximum absolute atomic E-state index is 12.7. The number of anilines is 1. The number of amides is 1. The molecule has 3 heterocycles. The zero-order valence-electron chi connectivity index (χ0n) is 19.6. The second-order valence-electron chi connectivity index (χ2n) is 7.86. The number of benzene rings is 2. The van der Waals surface area contributed by atoms with Crippen molar-refractivity contribution in [3.05, 3.63) is 80.9 Å². The summed E-state index contributed by atoms with van der Waals surface area (Å²) in [5.41, 5.74) is 0.576. The van der Waals surface area contributed by atoms with Crippen LogP contribution >= 0.6 is 11.8 Å². The number of rotatable bonds is 9. The Balaban J connectivity index is 1.37. The van der Waals surface area contributed by atoms with Crippen LogP contribution in [0, 0.1) is 0 Å². The van der Waals surface area contributed by atoms with E-state index in [0.29, 0.717) is 46.2 Å². The highest BCUT2D eigenvalue weighted by atomic mass is 32.2. The number of carbonyl (C=O) groups excluding carboxylic acids is 1. The first-order valence-electron chi connectivity index (χ1n) is 11.3. The van der Waals surface area contributed by atoms with Gasteiger partial charge < -0.3 is 24.5 Å². The van der Waals surface area contributed by atoms with Crippen molar-refractivity contribution in [2.75, 3.05) is 24.5 Å². The molecule has 1 aliphatic rings. The van der Waals surface area contributed by atoms with E-state index in [1.165, 1.54) is 17.8 Å². The van der Waals surface area contributed by atoms with Gasteiger partial charge in [-0.3, -0.25) is 19.1 Å². The Labute approximate surface area is 214 Å². The van der Waals surface area contributed by atoms with Crippen molar-refractivity contribution in [2.24, 2.45) is 0 Å². The lowest BCUT2D eigenvalue weighted by atomic mass is 10.2. The molecule has 13 heteroatoms. The van der Waals surface area contributed by atoms with Gasteiger partial charge in [-0.2, -0.15) is 0 Å². The maximum Gasteiger partial charge on any atom is 0.325 e. The van der Waals surface area contributed by atoms with Crippen LogP contribution in [0.2, 0.25) is 0 Å². The Hall–Kier alpha value is -4.52. The number of H-pyrrole nitrogens is 2. The lowest BCUT2D eigenvalue weighted by Crippen LogP contribution is -2.23. The molecule has 5 rings (SSSR count). The van der Waals surface area contributed by atoms with Crippen molar-refractivity contribution in [3.63, 3.8) is 0 Å². The smallest absolute Gasteiger partial charge is 0.325 e. The van der Waals surface area contributed by atoms with Gasteiger partial charge in [0.2, 0.25) is 12.7 Å². The topological polar surface area (TPSA) is 153 Å². The van der Waals surface area contributed by atoms with E-state index in [1.807, 2.05) is 31.2 Å². The zero-order valence-corrected chi connectivity index (χ0v) is 20.5. The van der Waals surface area contributed by atoms with E-state index in [4.69, 9.17) is 14.2 Å². The van der Waals surface area contributed by atoms with Crippen LogP contribution in [0.1, 0.15) is 18.4 Å². The fourth-order valence-corrected chi connectivity index (χ4v) is 4.48. The van der Waals surface area contributed by atoms with Gasteiger partial charge in [0.05, 0.1) is 12.4 Å². The third-order valence-corrected chi connectivity index (χ3v) is 6.19. The predicted octanol–water partition coefficient (Wildman–Crippen LogP) is 2.09. The van der Waals surface area contributed by atoms with Gasteiger partial charge in [-0.15, -0.1) is 10.2 Å². The van der Waals surface area contributed by atoms with Crippen LogP contribution in [0.15, 0.2) is 63.3 Å². The largest absolute Gasteiger partial charge is 0.494 e.